The zero-order valence-corrected chi connectivity index (χ0v) is 25.4. The Morgan fingerprint density at radius 1 is 0.562 bits per heavy atom. The van der Waals surface area contributed by atoms with Gasteiger partial charge in [0, 0.05) is 44.1 Å². The van der Waals surface area contributed by atoms with Crippen LogP contribution >= 0.6 is 0 Å². The summed E-state index contributed by atoms with van der Waals surface area (Å²) < 4.78 is 4.68. The maximum absolute atomic E-state index is 7.46. The lowest BCUT2D eigenvalue weighted by Gasteiger charge is -2.12. The normalized spacial score (nSPS) is 12.1. The molecule has 0 unspecified atom stereocenters. The molecule has 0 aliphatic carbocycles. The summed E-state index contributed by atoms with van der Waals surface area (Å²) in [5.41, 5.74) is 9.40. The van der Waals surface area contributed by atoms with Crippen LogP contribution in [0.15, 0.2) is 134 Å². The quantitative estimate of drug-likeness (QED) is 0.183. The second kappa shape index (κ2) is 9.12. The molecule has 5 heterocycles. The Hall–Kier alpha value is -6.84. The van der Waals surface area contributed by atoms with Gasteiger partial charge in [-0.2, -0.15) is 0 Å². The van der Waals surface area contributed by atoms with Gasteiger partial charge < -0.3 is 4.40 Å². The first kappa shape index (κ1) is 25.4. The van der Waals surface area contributed by atoms with Gasteiger partial charge >= 0.3 is 0 Å². The average molecular weight is 611 g/mol. The van der Waals surface area contributed by atoms with Gasteiger partial charge in [0.05, 0.1) is 39.7 Å². The molecular weight excluding hydrogens is 589 g/mol. The molecule has 5 aromatic heterocycles. The van der Waals surface area contributed by atoms with Crippen LogP contribution in [0.5, 0.6) is 0 Å². The van der Waals surface area contributed by atoms with Gasteiger partial charge in [0.2, 0.25) is 5.95 Å². The van der Waals surface area contributed by atoms with E-state index < -0.39 is 0 Å². The van der Waals surface area contributed by atoms with Gasteiger partial charge in [-0.25, -0.2) is 14.8 Å². The zero-order valence-electron chi connectivity index (χ0n) is 25.4. The van der Waals surface area contributed by atoms with Crippen LogP contribution in [-0.2, 0) is 0 Å². The minimum atomic E-state index is 0.581. The van der Waals surface area contributed by atoms with E-state index in [2.05, 4.69) is 105 Å². The van der Waals surface area contributed by atoms with E-state index in [0.717, 1.165) is 33.3 Å². The number of pyridine rings is 1. The summed E-state index contributed by atoms with van der Waals surface area (Å²) in [7, 11) is 0. The molecule has 0 saturated carbocycles. The summed E-state index contributed by atoms with van der Waals surface area (Å²) in [5.74, 6) is 0.581. The van der Waals surface area contributed by atoms with E-state index in [1.165, 1.54) is 59.6 Å². The number of hydrogen-bond acceptors (Lipinski definition) is 3. The number of benzene rings is 6. The topological polar surface area (TPSA) is 52.4 Å². The molecule has 0 spiro atoms. The van der Waals surface area contributed by atoms with Crippen molar-refractivity contribution in [1.82, 2.24) is 23.9 Å². The van der Waals surface area contributed by atoms with Crippen LogP contribution in [0, 0.1) is 6.57 Å². The number of aromatic nitrogens is 5. The van der Waals surface area contributed by atoms with Crippen molar-refractivity contribution in [3.63, 3.8) is 0 Å². The van der Waals surface area contributed by atoms with Crippen molar-refractivity contribution in [3.8, 4) is 17.2 Å². The SMILES string of the molecule is [C-]#[N+]c1ccc(-c2nc(-n3c4ccc5ccccc5c4c4cc5c6ccccc6n6c7ccccc7c(c43)c56)nc3cccnc23)cc1. The number of para-hydroxylation sites is 2. The molecule has 0 saturated heterocycles. The highest BCUT2D eigenvalue weighted by Gasteiger charge is 2.26. The van der Waals surface area contributed by atoms with Crippen LogP contribution in [0.2, 0.25) is 0 Å². The maximum Gasteiger partial charge on any atom is 0.235 e. The summed E-state index contributed by atoms with van der Waals surface area (Å²) in [6.07, 6.45) is 1.78. The second-order valence-corrected chi connectivity index (χ2v) is 12.3. The zero-order chi connectivity index (χ0) is 31.5. The van der Waals surface area contributed by atoms with Crippen LogP contribution in [-0.4, -0.2) is 23.9 Å². The van der Waals surface area contributed by atoms with Crippen LogP contribution in [0.3, 0.4) is 0 Å². The van der Waals surface area contributed by atoms with Crippen LogP contribution < -0.4 is 0 Å². The van der Waals surface area contributed by atoms with E-state index in [1.807, 2.05) is 36.4 Å². The van der Waals surface area contributed by atoms with Gasteiger partial charge in [-0.15, -0.1) is 0 Å². The standard InChI is InChI=1S/C42H22N6/c1-43-26-19-16-25(17-20-26)38-39-32(13-8-22-44-39)45-42(46-38)48-35-21-18-24-9-2-3-10-27(24)36(35)31-23-30-28-11-4-6-14-33(28)47-34-15-7-5-12-29(34)37(40(30)47)41(31)48/h2-23H. The predicted molar refractivity (Wildman–Crippen MR) is 196 cm³/mol. The molecule has 6 nitrogen and oxygen atoms in total. The summed E-state index contributed by atoms with van der Waals surface area (Å²) in [4.78, 5) is 18.9. The molecular formula is C42H22N6. The third kappa shape index (κ3) is 3.17. The van der Waals surface area contributed by atoms with E-state index in [0.29, 0.717) is 11.6 Å². The third-order valence-electron chi connectivity index (χ3n) is 9.90. The molecule has 0 N–H and O–H groups in total. The predicted octanol–water partition coefficient (Wildman–Crippen LogP) is 10.6. The second-order valence-electron chi connectivity index (χ2n) is 12.3. The van der Waals surface area contributed by atoms with Crippen molar-refractivity contribution in [1.29, 1.82) is 0 Å². The molecule has 0 fully saturated rings. The third-order valence-corrected chi connectivity index (χ3v) is 9.90. The molecule has 6 heteroatoms. The Labute approximate surface area is 272 Å². The van der Waals surface area contributed by atoms with E-state index >= 15 is 0 Å². The summed E-state index contributed by atoms with van der Waals surface area (Å²) >= 11 is 0. The highest BCUT2D eigenvalue weighted by atomic mass is 15.2. The number of fused-ring (bicyclic) bond motifs is 13. The van der Waals surface area contributed by atoms with E-state index in [-0.39, 0.29) is 0 Å². The Morgan fingerprint density at radius 3 is 2.15 bits per heavy atom. The molecule has 0 bridgehead atoms. The first-order chi connectivity index (χ1) is 23.8. The Bertz CT molecular complexity index is 3180. The maximum atomic E-state index is 7.46. The fourth-order valence-electron chi connectivity index (χ4n) is 7.93. The van der Waals surface area contributed by atoms with E-state index in [1.54, 1.807) is 6.20 Å². The van der Waals surface area contributed by atoms with Crippen molar-refractivity contribution < 1.29 is 0 Å². The van der Waals surface area contributed by atoms with Crippen LogP contribution in [0.25, 0.3) is 104 Å². The summed E-state index contributed by atoms with van der Waals surface area (Å²) in [5, 5.41) is 9.59. The van der Waals surface area contributed by atoms with Gasteiger partial charge in [-0.3, -0.25) is 9.55 Å². The Kier molecular flexibility index (Phi) is 4.82. The molecule has 48 heavy (non-hydrogen) atoms. The van der Waals surface area contributed by atoms with Crippen LogP contribution in [0.1, 0.15) is 0 Å². The molecule has 0 aliphatic heterocycles. The molecule has 0 atom stereocenters. The highest BCUT2D eigenvalue weighted by molar-refractivity contribution is 6.36. The average Bonchev–Trinajstić information content (AvgIpc) is 3.79. The largest absolute Gasteiger partial charge is 0.308 e. The van der Waals surface area contributed by atoms with Gasteiger partial charge in [-0.05, 0) is 47.2 Å². The first-order valence-electron chi connectivity index (χ1n) is 15.9. The van der Waals surface area contributed by atoms with Crippen molar-refractivity contribution >= 4 is 87.4 Å². The lowest BCUT2D eigenvalue weighted by atomic mass is 10.0. The molecule has 0 radical (unpaired) electrons. The van der Waals surface area contributed by atoms with Crippen molar-refractivity contribution in [2.75, 3.05) is 0 Å². The fourth-order valence-corrected chi connectivity index (χ4v) is 7.93. The smallest absolute Gasteiger partial charge is 0.235 e. The molecule has 0 aliphatic rings. The molecule has 11 aromatic rings. The molecule has 220 valence electrons. The molecule has 0 amide bonds. The highest BCUT2D eigenvalue weighted by Crippen LogP contribution is 2.47. The fraction of sp³-hybridized carbons (Fsp3) is 0. The summed E-state index contributed by atoms with van der Waals surface area (Å²) in [6.45, 7) is 7.46. The lowest BCUT2D eigenvalue weighted by Crippen LogP contribution is -2.04. The van der Waals surface area contributed by atoms with Gasteiger partial charge in [-0.1, -0.05) is 91.0 Å². The Balaban J connectivity index is 1.40. The number of hydrogen-bond donors (Lipinski definition) is 0. The monoisotopic (exact) mass is 610 g/mol. The molecule has 11 rings (SSSR count). The van der Waals surface area contributed by atoms with Gasteiger partial charge in [0.15, 0.2) is 5.69 Å². The van der Waals surface area contributed by atoms with E-state index in [4.69, 9.17) is 21.5 Å². The Morgan fingerprint density at radius 2 is 1.31 bits per heavy atom. The summed E-state index contributed by atoms with van der Waals surface area (Å²) in [6, 6.07) is 44.3. The van der Waals surface area contributed by atoms with Crippen LogP contribution in [0.4, 0.5) is 5.69 Å². The van der Waals surface area contributed by atoms with E-state index in [9.17, 15) is 0 Å². The lowest BCUT2D eigenvalue weighted by molar-refractivity contribution is 1.01. The minimum absolute atomic E-state index is 0.581. The van der Waals surface area contributed by atoms with Crippen molar-refractivity contribution in [2.24, 2.45) is 0 Å². The molecule has 6 aromatic carbocycles. The first-order valence-corrected chi connectivity index (χ1v) is 15.9. The van der Waals surface area contributed by atoms with Gasteiger partial charge in [0.1, 0.15) is 11.2 Å². The number of rotatable bonds is 2. The van der Waals surface area contributed by atoms with Crippen molar-refractivity contribution in [2.45, 2.75) is 0 Å². The van der Waals surface area contributed by atoms with Crippen molar-refractivity contribution in [3.05, 3.63) is 145 Å². The number of nitrogens with zero attached hydrogens (tertiary/aromatic N) is 6. The minimum Gasteiger partial charge on any atom is -0.308 e. The van der Waals surface area contributed by atoms with Gasteiger partial charge in [0.25, 0.3) is 0 Å².